The van der Waals surface area contributed by atoms with Crippen LogP contribution in [0.2, 0.25) is 0 Å². The molecule has 4 rings (SSSR count). The van der Waals surface area contributed by atoms with Gasteiger partial charge in [0.1, 0.15) is 6.04 Å². The number of benzene rings is 1. The number of anilines is 3. The number of carbonyl (C=O) groups excluding carboxylic acids is 1. The van der Waals surface area contributed by atoms with Gasteiger partial charge in [0, 0.05) is 17.8 Å². The number of nitrogens with two attached hydrogens (primary N) is 2. The van der Waals surface area contributed by atoms with Crippen molar-refractivity contribution in [1.82, 2.24) is 25.3 Å². The summed E-state index contributed by atoms with van der Waals surface area (Å²) in [5.74, 6) is -2.70. The van der Waals surface area contributed by atoms with Crippen molar-refractivity contribution >= 4 is 50.6 Å². The van der Waals surface area contributed by atoms with Gasteiger partial charge in [0.25, 0.3) is 16.0 Å². The molecule has 35 heavy (non-hydrogen) atoms. The Hall–Kier alpha value is -4.11. The van der Waals surface area contributed by atoms with E-state index in [9.17, 15) is 23.1 Å². The number of amides is 1. The van der Waals surface area contributed by atoms with Crippen molar-refractivity contribution in [2.45, 2.75) is 25.4 Å². The van der Waals surface area contributed by atoms with E-state index in [0.717, 1.165) is 11.3 Å². The average Bonchev–Trinajstić information content (AvgIpc) is 3.18. The van der Waals surface area contributed by atoms with Gasteiger partial charge >= 0.3 is 5.97 Å². The third kappa shape index (κ3) is 5.52. The molecule has 0 fully saturated rings. The van der Waals surface area contributed by atoms with Crippen LogP contribution in [0, 0.1) is 0 Å². The number of hydrogen-bond donors (Lipinski definition) is 5. The van der Waals surface area contributed by atoms with Crippen LogP contribution in [0.5, 0.6) is 0 Å². The van der Waals surface area contributed by atoms with Crippen LogP contribution in [0.1, 0.15) is 28.0 Å². The summed E-state index contributed by atoms with van der Waals surface area (Å²) >= 11 is 0. The lowest BCUT2D eigenvalue weighted by molar-refractivity contribution is -0.139. The van der Waals surface area contributed by atoms with Gasteiger partial charge in [-0.15, -0.1) is 0 Å². The summed E-state index contributed by atoms with van der Waals surface area (Å²) in [5.41, 5.74) is 14.7. The maximum atomic E-state index is 12.6. The number of rotatable bonds is 8. The molecule has 3 aromatic rings. The van der Waals surface area contributed by atoms with Gasteiger partial charge in [0.2, 0.25) is 5.95 Å². The third-order valence-corrected chi connectivity index (χ3v) is 6.21. The number of aromatic nitrogens is 4. The van der Waals surface area contributed by atoms with E-state index in [4.69, 9.17) is 16.0 Å². The summed E-state index contributed by atoms with van der Waals surface area (Å²) in [4.78, 5) is 42.7. The molecule has 0 saturated carbocycles. The summed E-state index contributed by atoms with van der Waals surface area (Å²) in [5, 5.41) is 11.6. The standard InChI is InChI=1S/C20H22N8O6S/c21-16-15-17(27-20(22)26-16)23-8-12(24-15)9-28-5-3-10-7-11(1-2-14(10)28)18(29)25-13(19(30)31)4-6-35(32,33)34/h1-2,7-8,13H,3-6,9H2,(H,25,29)(H,30,31)(H,32,33,34)(H4,21,22,23,26,27). The molecule has 1 amide bonds. The minimum Gasteiger partial charge on any atom is -0.480 e. The molecule has 14 nitrogen and oxygen atoms in total. The monoisotopic (exact) mass is 502 g/mol. The van der Waals surface area contributed by atoms with E-state index < -0.39 is 40.2 Å². The number of nitrogens with one attached hydrogen (secondary N) is 1. The molecule has 0 bridgehead atoms. The van der Waals surface area contributed by atoms with E-state index >= 15 is 0 Å². The molecule has 1 unspecified atom stereocenters. The van der Waals surface area contributed by atoms with E-state index in [0.29, 0.717) is 36.4 Å². The highest BCUT2D eigenvalue weighted by atomic mass is 32.2. The molecule has 1 atom stereocenters. The second kappa shape index (κ2) is 9.27. The van der Waals surface area contributed by atoms with E-state index in [-0.39, 0.29) is 17.3 Å². The van der Waals surface area contributed by atoms with Crippen molar-refractivity contribution in [3.63, 3.8) is 0 Å². The third-order valence-electron chi connectivity index (χ3n) is 5.46. The van der Waals surface area contributed by atoms with Crippen LogP contribution in [0.3, 0.4) is 0 Å². The van der Waals surface area contributed by atoms with Crippen LogP contribution in [-0.2, 0) is 27.9 Å². The smallest absolute Gasteiger partial charge is 0.326 e. The van der Waals surface area contributed by atoms with E-state index in [2.05, 4.69) is 25.3 Å². The van der Waals surface area contributed by atoms with Crippen molar-refractivity contribution in [3.8, 4) is 0 Å². The van der Waals surface area contributed by atoms with Gasteiger partial charge in [-0.3, -0.25) is 9.35 Å². The maximum absolute atomic E-state index is 12.6. The zero-order valence-electron chi connectivity index (χ0n) is 18.2. The van der Waals surface area contributed by atoms with E-state index in [1.54, 1.807) is 24.4 Å². The lowest BCUT2D eigenvalue weighted by Crippen LogP contribution is -2.41. The molecule has 3 heterocycles. The van der Waals surface area contributed by atoms with Gasteiger partial charge in [0.05, 0.1) is 24.2 Å². The molecular weight excluding hydrogens is 480 g/mol. The highest BCUT2D eigenvalue weighted by molar-refractivity contribution is 7.85. The van der Waals surface area contributed by atoms with Crippen LogP contribution in [-0.4, -0.2) is 68.2 Å². The van der Waals surface area contributed by atoms with Gasteiger partial charge in [0.15, 0.2) is 17.0 Å². The van der Waals surface area contributed by atoms with Crippen LogP contribution in [0.4, 0.5) is 17.5 Å². The highest BCUT2D eigenvalue weighted by Gasteiger charge is 2.25. The Bertz CT molecular complexity index is 1430. The number of carboxylic acid groups (broad SMARTS) is 1. The zero-order valence-corrected chi connectivity index (χ0v) is 19.1. The second-order valence-electron chi connectivity index (χ2n) is 7.95. The fourth-order valence-corrected chi connectivity index (χ4v) is 4.33. The summed E-state index contributed by atoms with van der Waals surface area (Å²) in [6.07, 6.45) is 1.75. The summed E-state index contributed by atoms with van der Waals surface area (Å²) in [7, 11) is -4.36. The summed E-state index contributed by atoms with van der Waals surface area (Å²) in [6, 6.07) is 3.49. The topological polar surface area (TPSA) is 228 Å². The minimum atomic E-state index is -4.36. The second-order valence-corrected chi connectivity index (χ2v) is 9.53. The first-order valence-electron chi connectivity index (χ1n) is 10.4. The van der Waals surface area contributed by atoms with Gasteiger partial charge in [-0.25, -0.2) is 14.8 Å². The molecule has 0 aliphatic carbocycles. The number of nitrogens with zero attached hydrogens (tertiary/aromatic N) is 5. The number of aliphatic carboxylic acids is 1. The van der Waals surface area contributed by atoms with Crippen molar-refractivity contribution < 1.29 is 27.7 Å². The molecular formula is C20H22N8O6S. The molecule has 2 aromatic heterocycles. The van der Waals surface area contributed by atoms with Crippen molar-refractivity contribution in [2.24, 2.45) is 0 Å². The molecule has 15 heteroatoms. The van der Waals surface area contributed by atoms with Crippen molar-refractivity contribution in [1.29, 1.82) is 0 Å². The molecule has 1 aliphatic rings. The quantitative estimate of drug-likeness (QED) is 0.247. The Morgan fingerprint density at radius 2 is 1.97 bits per heavy atom. The number of carboxylic acids is 1. The Kier molecular flexibility index (Phi) is 6.36. The molecule has 7 N–H and O–H groups in total. The van der Waals surface area contributed by atoms with E-state index in [1.165, 1.54) is 0 Å². The van der Waals surface area contributed by atoms with Crippen LogP contribution in [0.25, 0.3) is 11.2 Å². The number of carbonyl (C=O) groups is 2. The Morgan fingerprint density at radius 1 is 1.20 bits per heavy atom. The average molecular weight is 503 g/mol. The SMILES string of the molecule is Nc1nc(N)c2nc(CN3CCc4cc(C(=O)NC(CCS(=O)(=O)O)C(=O)O)ccc43)cnc2n1. The minimum absolute atomic E-state index is 0.0125. The molecule has 0 saturated heterocycles. The van der Waals surface area contributed by atoms with Gasteiger partial charge in [-0.05, 0) is 36.6 Å². The van der Waals surface area contributed by atoms with Crippen molar-refractivity contribution in [3.05, 3.63) is 41.2 Å². The summed E-state index contributed by atoms with van der Waals surface area (Å²) < 4.78 is 30.7. The molecule has 1 aromatic carbocycles. The largest absolute Gasteiger partial charge is 0.480 e. The van der Waals surface area contributed by atoms with Crippen LogP contribution < -0.4 is 21.7 Å². The number of nitrogen functional groups attached to an aromatic ring is 2. The highest BCUT2D eigenvalue weighted by Crippen LogP contribution is 2.30. The number of hydrogen-bond acceptors (Lipinski definition) is 11. The predicted octanol–water partition coefficient (Wildman–Crippen LogP) is -0.392. The summed E-state index contributed by atoms with van der Waals surface area (Å²) in [6.45, 7) is 1.07. The first-order valence-corrected chi connectivity index (χ1v) is 12.0. The Morgan fingerprint density at radius 3 is 2.69 bits per heavy atom. The first kappa shape index (κ1) is 24.0. The molecule has 0 radical (unpaired) electrons. The van der Waals surface area contributed by atoms with Gasteiger partial charge in [-0.1, -0.05) is 0 Å². The number of fused-ring (bicyclic) bond motifs is 2. The maximum Gasteiger partial charge on any atom is 0.326 e. The fraction of sp³-hybridized carbons (Fsp3) is 0.300. The molecule has 184 valence electrons. The fourth-order valence-electron chi connectivity index (χ4n) is 3.80. The van der Waals surface area contributed by atoms with Gasteiger partial charge < -0.3 is 26.8 Å². The Balaban J connectivity index is 1.48. The van der Waals surface area contributed by atoms with Crippen molar-refractivity contribution in [2.75, 3.05) is 28.7 Å². The zero-order chi connectivity index (χ0) is 25.3. The molecule has 1 aliphatic heterocycles. The van der Waals surface area contributed by atoms with Crippen LogP contribution in [0.15, 0.2) is 24.4 Å². The van der Waals surface area contributed by atoms with Gasteiger partial charge in [-0.2, -0.15) is 18.4 Å². The predicted molar refractivity (Wildman–Crippen MR) is 125 cm³/mol. The van der Waals surface area contributed by atoms with Crippen LogP contribution >= 0.6 is 0 Å². The lowest BCUT2D eigenvalue weighted by Gasteiger charge is -2.19. The Labute approximate surface area is 199 Å². The normalized spacial score (nSPS) is 14.0. The first-order chi connectivity index (χ1) is 16.5. The lowest BCUT2D eigenvalue weighted by atomic mass is 10.1. The molecule has 0 spiro atoms. The van der Waals surface area contributed by atoms with E-state index in [1.807, 2.05) is 4.90 Å².